The standard InChI is InChI=1S/C7H16ClNO2S/c1-3-7(6-8)9-4-5-12(2,10)11/h7,9H,3-6H2,1-2H3. The number of hydrogen-bond acceptors (Lipinski definition) is 3. The molecule has 0 aliphatic heterocycles. The normalized spacial score (nSPS) is 14.6. The lowest BCUT2D eigenvalue weighted by Crippen LogP contribution is -2.33. The summed E-state index contributed by atoms with van der Waals surface area (Å²) in [7, 11) is -2.84. The van der Waals surface area contributed by atoms with E-state index in [1.165, 1.54) is 6.26 Å². The molecule has 5 heteroatoms. The van der Waals surface area contributed by atoms with Crippen molar-refractivity contribution in [3.8, 4) is 0 Å². The Hall–Kier alpha value is 0.200. The van der Waals surface area contributed by atoms with Gasteiger partial charge in [0, 0.05) is 24.7 Å². The fourth-order valence-corrected chi connectivity index (χ4v) is 1.57. The lowest BCUT2D eigenvalue weighted by molar-refractivity contribution is 0.550. The van der Waals surface area contributed by atoms with Gasteiger partial charge >= 0.3 is 0 Å². The van der Waals surface area contributed by atoms with E-state index in [-0.39, 0.29) is 11.8 Å². The third-order valence-electron chi connectivity index (χ3n) is 1.58. The first-order valence-electron chi connectivity index (χ1n) is 3.96. The van der Waals surface area contributed by atoms with Gasteiger partial charge in [-0.3, -0.25) is 0 Å². The van der Waals surface area contributed by atoms with Gasteiger partial charge in [0.2, 0.25) is 0 Å². The molecule has 0 aromatic heterocycles. The number of alkyl halides is 1. The van der Waals surface area contributed by atoms with Gasteiger partial charge in [0.25, 0.3) is 0 Å². The summed E-state index contributed by atoms with van der Waals surface area (Å²) in [6.45, 7) is 2.50. The minimum absolute atomic E-state index is 0.181. The Morgan fingerprint density at radius 3 is 2.42 bits per heavy atom. The van der Waals surface area contributed by atoms with Gasteiger partial charge in [-0.2, -0.15) is 0 Å². The van der Waals surface area contributed by atoms with Crippen molar-refractivity contribution in [2.45, 2.75) is 19.4 Å². The highest BCUT2D eigenvalue weighted by Gasteiger charge is 2.05. The van der Waals surface area contributed by atoms with Crippen LogP contribution >= 0.6 is 11.6 Å². The van der Waals surface area contributed by atoms with Crippen LogP contribution in [0.3, 0.4) is 0 Å². The van der Waals surface area contributed by atoms with Crippen LogP contribution in [0.2, 0.25) is 0 Å². The average Bonchev–Trinajstić information content (AvgIpc) is 1.96. The van der Waals surface area contributed by atoms with Crippen LogP contribution in [0.4, 0.5) is 0 Å². The first-order valence-corrected chi connectivity index (χ1v) is 6.56. The molecule has 0 radical (unpaired) electrons. The molecule has 0 spiro atoms. The minimum atomic E-state index is -2.84. The van der Waals surface area contributed by atoms with Crippen LogP contribution in [0.15, 0.2) is 0 Å². The quantitative estimate of drug-likeness (QED) is 0.659. The van der Waals surface area contributed by atoms with E-state index in [1.807, 2.05) is 6.92 Å². The Morgan fingerprint density at radius 1 is 1.50 bits per heavy atom. The molecule has 0 aromatic carbocycles. The summed E-state index contributed by atoms with van der Waals surface area (Å²) < 4.78 is 21.4. The summed E-state index contributed by atoms with van der Waals surface area (Å²) in [5, 5.41) is 3.06. The number of hydrogen-bond donors (Lipinski definition) is 1. The molecule has 0 aliphatic carbocycles. The second kappa shape index (κ2) is 5.78. The molecule has 12 heavy (non-hydrogen) atoms. The van der Waals surface area contributed by atoms with E-state index < -0.39 is 9.84 Å². The lowest BCUT2D eigenvalue weighted by Gasteiger charge is -2.12. The Kier molecular flexibility index (Phi) is 5.88. The maximum atomic E-state index is 10.7. The molecular formula is C7H16ClNO2S. The van der Waals surface area contributed by atoms with Gasteiger partial charge in [-0.1, -0.05) is 6.92 Å². The van der Waals surface area contributed by atoms with E-state index >= 15 is 0 Å². The highest BCUT2D eigenvalue weighted by atomic mass is 35.5. The van der Waals surface area contributed by atoms with Crippen LogP contribution in [-0.2, 0) is 9.84 Å². The highest BCUT2D eigenvalue weighted by Crippen LogP contribution is 1.93. The molecule has 0 fully saturated rings. The Labute approximate surface area is 79.4 Å². The summed E-state index contributed by atoms with van der Waals surface area (Å²) >= 11 is 5.61. The molecule has 0 rings (SSSR count). The van der Waals surface area contributed by atoms with Crippen molar-refractivity contribution in [2.75, 3.05) is 24.4 Å². The monoisotopic (exact) mass is 213 g/mol. The van der Waals surface area contributed by atoms with Crippen molar-refractivity contribution in [3.05, 3.63) is 0 Å². The third kappa shape index (κ3) is 6.88. The third-order valence-corrected chi connectivity index (χ3v) is 2.90. The van der Waals surface area contributed by atoms with Crippen molar-refractivity contribution < 1.29 is 8.42 Å². The van der Waals surface area contributed by atoms with Gasteiger partial charge in [0.15, 0.2) is 0 Å². The molecule has 0 aliphatic rings. The molecule has 74 valence electrons. The number of halogens is 1. The molecular weight excluding hydrogens is 198 g/mol. The highest BCUT2D eigenvalue weighted by molar-refractivity contribution is 7.90. The van der Waals surface area contributed by atoms with E-state index in [0.717, 1.165) is 6.42 Å². The van der Waals surface area contributed by atoms with E-state index in [0.29, 0.717) is 12.4 Å². The van der Waals surface area contributed by atoms with Gasteiger partial charge < -0.3 is 5.32 Å². The molecule has 3 nitrogen and oxygen atoms in total. The predicted octanol–water partition coefficient (Wildman–Crippen LogP) is 0.638. The van der Waals surface area contributed by atoms with E-state index in [9.17, 15) is 8.42 Å². The molecule has 0 amide bonds. The lowest BCUT2D eigenvalue weighted by atomic mass is 10.3. The van der Waals surface area contributed by atoms with Crippen LogP contribution in [0.25, 0.3) is 0 Å². The van der Waals surface area contributed by atoms with Crippen LogP contribution < -0.4 is 5.32 Å². The molecule has 1 atom stereocenters. The largest absolute Gasteiger partial charge is 0.312 e. The first kappa shape index (κ1) is 12.2. The van der Waals surface area contributed by atoms with Crippen molar-refractivity contribution in [1.82, 2.24) is 5.32 Å². The van der Waals surface area contributed by atoms with Gasteiger partial charge in [-0.05, 0) is 6.42 Å². The fraction of sp³-hybridized carbons (Fsp3) is 1.00. The summed E-state index contributed by atoms with van der Waals surface area (Å²) in [5.41, 5.74) is 0. The first-order chi connectivity index (χ1) is 5.49. The van der Waals surface area contributed by atoms with E-state index in [1.54, 1.807) is 0 Å². The van der Waals surface area contributed by atoms with Crippen LogP contribution in [0.5, 0.6) is 0 Å². The summed E-state index contributed by atoms with van der Waals surface area (Å²) in [6.07, 6.45) is 2.16. The van der Waals surface area contributed by atoms with E-state index in [2.05, 4.69) is 5.32 Å². The maximum absolute atomic E-state index is 10.7. The minimum Gasteiger partial charge on any atom is -0.312 e. The Bertz CT molecular complexity index is 199. The molecule has 1 N–H and O–H groups in total. The zero-order valence-corrected chi connectivity index (χ0v) is 9.08. The molecule has 1 unspecified atom stereocenters. The predicted molar refractivity (Wildman–Crippen MR) is 52.5 cm³/mol. The zero-order valence-electron chi connectivity index (χ0n) is 7.51. The van der Waals surface area contributed by atoms with Crippen LogP contribution in [0, 0.1) is 0 Å². The van der Waals surface area contributed by atoms with Gasteiger partial charge in [0.05, 0.1) is 5.75 Å². The van der Waals surface area contributed by atoms with Gasteiger partial charge in [-0.25, -0.2) is 8.42 Å². The maximum Gasteiger partial charge on any atom is 0.148 e. The molecule has 0 heterocycles. The summed E-state index contributed by atoms with van der Waals surface area (Å²) in [4.78, 5) is 0. The zero-order chi connectivity index (χ0) is 9.61. The fourth-order valence-electron chi connectivity index (χ4n) is 0.756. The van der Waals surface area contributed by atoms with Crippen molar-refractivity contribution in [2.24, 2.45) is 0 Å². The smallest absolute Gasteiger partial charge is 0.148 e. The molecule has 0 saturated heterocycles. The summed E-state index contributed by atoms with van der Waals surface area (Å²) in [5.74, 6) is 0.709. The molecule has 0 bridgehead atoms. The number of sulfone groups is 1. The van der Waals surface area contributed by atoms with Crippen molar-refractivity contribution in [1.29, 1.82) is 0 Å². The van der Waals surface area contributed by atoms with E-state index in [4.69, 9.17) is 11.6 Å². The van der Waals surface area contributed by atoms with Crippen molar-refractivity contribution >= 4 is 21.4 Å². The molecule has 0 saturated carbocycles. The van der Waals surface area contributed by atoms with Crippen LogP contribution in [0.1, 0.15) is 13.3 Å². The van der Waals surface area contributed by atoms with Crippen molar-refractivity contribution in [3.63, 3.8) is 0 Å². The van der Waals surface area contributed by atoms with Gasteiger partial charge in [-0.15, -0.1) is 11.6 Å². The number of rotatable bonds is 6. The topological polar surface area (TPSA) is 46.2 Å². The Morgan fingerprint density at radius 2 is 2.08 bits per heavy atom. The molecule has 0 aromatic rings. The summed E-state index contributed by atoms with van der Waals surface area (Å²) in [6, 6.07) is 0.230. The average molecular weight is 214 g/mol. The van der Waals surface area contributed by atoms with Crippen LogP contribution in [-0.4, -0.2) is 38.9 Å². The number of nitrogens with one attached hydrogen (secondary N) is 1. The second-order valence-electron chi connectivity index (χ2n) is 2.84. The second-order valence-corrected chi connectivity index (χ2v) is 5.41. The van der Waals surface area contributed by atoms with Gasteiger partial charge in [0.1, 0.15) is 9.84 Å². The SMILES string of the molecule is CCC(CCl)NCCS(C)(=O)=O. The Balaban J connectivity index is 3.55.